The van der Waals surface area contributed by atoms with E-state index in [1.165, 1.54) is 6.07 Å². The summed E-state index contributed by atoms with van der Waals surface area (Å²) in [7, 11) is 0. The molecule has 24 heavy (non-hydrogen) atoms. The highest BCUT2D eigenvalue weighted by Crippen LogP contribution is 2.34. The normalized spacial score (nSPS) is 15.9. The summed E-state index contributed by atoms with van der Waals surface area (Å²) in [5, 5.41) is 19.6. The number of hydrogen-bond donors (Lipinski definition) is 0. The Morgan fingerprint density at radius 1 is 1.38 bits per heavy atom. The summed E-state index contributed by atoms with van der Waals surface area (Å²) >= 11 is 3.24. The van der Waals surface area contributed by atoms with E-state index in [9.17, 15) is 10.1 Å². The van der Waals surface area contributed by atoms with Gasteiger partial charge in [-0.05, 0) is 42.6 Å². The predicted octanol–water partition coefficient (Wildman–Crippen LogP) is 3.31. The van der Waals surface area contributed by atoms with Crippen LogP contribution in [0.3, 0.4) is 0 Å². The molecule has 1 saturated heterocycles. The Bertz CT molecular complexity index is 739. The number of pyridine rings is 1. The van der Waals surface area contributed by atoms with Crippen LogP contribution >= 0.6 is 15.9 Å². The van der Waals surface area contributed by atoms with Crippen LogP contribution in [0, 0.1) is 10.1 Å². The van der Waals surface area contributed by atoms with Crippen molar-refractivity contribution in [1.29, 1.82) is 0 Å². The lowest BCUT2D eigenvalue weighted by atomic mass is 9.95. The van der Waals surface area contributed by atoms with Crippen LogP contribution in [0.2, 0.25) is 0 Å². The Morgan fingerprint density at radius 3 is 2.71 bits per heavy atom. The number of nitrogens with zero attached hydrogens (tertiary/aromatic N) is 6. The summed E-state index contributed by atoms with van der Waals surface area (Å²) in [6.45, 7) is 5.64. The predicted molar refractivity (Wildman–Crippen MR) is 93.2 cm³/mol. The zero-order chi connectivity index (χ0) is 17.3. The van der Waals surface area contributed by atoms with Gasteiger partial charge in [0.05, 0.1) is 4.92 Å². The fourth-order valence-electron chi connectivity index (χ4n) is 3.09. The van der Waals surface area contributed by atoms with Crippen LogP contribution in [0.5, 0.6) is 0 Å². The maximum atomic E-state index is 11.3. The Balaban J connectivity index is 1.76. The standard InChI is InChI=1S/C15H19BrN6O2/c1-10(2)21-9-18-19-14(21)11-3-5-20(6-4-11)15-13(22(23)24)7-12(16)8-17-15/h7-11H,3-6H2,1-2H3. The summed E-state index contributed by atoms with van der Waals surface area (Å²) in [5.74, 6) is 1.76. The summed E-state index contributed by atoms with van der Waals surface area (Å²) < 4.78 is 2.71. The van der Waals surface area contributed by atoms with Crippen LogP contribution in [-0.2, 0) is 0 Å². The second kappa shape index (κ2) is 6.84. The number of halogens is 1. The lowest BCUT2D eigenvalue weighted by Crippen LogP contribution is -2.34. The largest absolute Gasteiger partial charge is 0.351 e. The maximum absolute atomic E-state index is 11.3. The van der Waals surface area contributed by atoms with Gasteiger partial charge >= 0.3 is 5.69 Å². The number of nitro groups is 1. The van der Waals surface area contributed by atoms with Gasteiger partial charge in [0.1, 0.15) is 12.2 Å². The molecule has 9 heteroatoms. The van der Waals surface area contributed by atoms with Crippen molar-refractivity contribution in [2.75, 3.05) is 18.0 Å². The summed E-state index contributed by atoms with van der Waals surface area (Å²) in [4.78, 5) is 17.1. The van der Waals surface area contributed by atoms with Gasteiger partial charge in [-0.15, -0.1) is 10.2 Å². The van der Waals surface area contributed by atoms with E-state index in [-0.39, 0.29) is 10.6 Å². The van der Waals surface area contributed by atoms with Crippen LogP contribution in [0.25, 0.3) is 0 Å². The topological polar surface area (TPSA) is 90.0 Å². The third-order valence-electron chi connectivity index (χ3n) is 4.33. The summed E-state index contributed by atoms with van der Waals surface area (Å²) in [5.41, 5.74) is 0.0353. The van der Waals surface area contributed by atoms with E-state index in [1.54, 1.807) is 12.5 Å². The molecule has 0 radical (unpaired) electrons. The molecule has 128 valence electrons. The molecule has 8 nitrogen and oxygen atoms in total. The van der Waals surface area contributed by atoms with Crippen molar-refractivity contribution in [2.24, 2.45) is 0 Å². The Labute approximate surface area is 148 Å². The third-order valence-corrected chi connectivity index (χ3v) is 4.76. The van der Waals surface area contributed by atoms with E-state index < -0.39 is 0 Å². The van der Waals surface area contributed by atoms with Crippen molar-refractivity contribution in [3.05, 3.63) is 39.0 Å². The quantitative estimate of drug-likeness (QED) is 0.583. The van der Waals surface area contributed by atoms with Crippen LogP contribution in [-0.4, -0.2) is 37.8 Å². The van der Waals surface area contributed by atoms with E-state index >= 15 is 0 Å². The van der Waals surface area contributed by atoms with E-state index in [1.807, 2.05) is 4.90 Å². The van der Waals surface area contributed by atoms with Crippen molar-refractivity contribution in [3.63, 3.8) is 0 Å². The molecule has 2 aromatic heterocycles. The second-order valence-corrected chi connectivity index (χ2v) is 7.12. The van der Waals surface area contributed by atoms with Crippen molar-refractivity contribution in [1.82, 2.24) is 19.7 Å². The minimum absolute atomic E-state index is 0.0353. The number of rotatable bonds is 4. The molecule has 3 heterocycles. The molecule has 1 aliphatic rings. The molecule has 0 spiro atoms. The molecular formula is C15H19BrN6O2. The highest BCUT2D eigenvalue weighted by Gasteiger charge is 2.29. The number of aromatic nitrogens is 4. The van der Waals surface area contributed by atoms with Crippen molar-refractivity contribution in [2.45, 2.75) is 38.6 Å². The highest BCUT2D eigenvalue weighted by molar-refractivity contribution is 9.10. The molecule has 1 fully saturated rings. The third kappa shape index (κ3) is 3.26. The first-order chi connectivity index (χ1) is 11.5. The van der Waals surface area contributed by atoms with Gasteiger partial charge in [0.25, 0.3) is 0 Å². The molecule has 0 aromatic carbocycles. The Hall–Kier alpha value is -2.03. The molecule has 0 bridgehead atoms. The smallest absolute Gasteiger partial charge is 0.312 e. The molecule has 0 unspecified atom stereocenters. The van der Waals surface area contributed by atoms with Crippen molar-refractivity contribution < 1.29 is 4.92 Å². The highest BCUT2D eigenvalue weighted by atomic mass is 79.9. The van der Waals surface area contributed by atoms with Crippen LogP contribution < -0.4 is 4.90 Å². The first-order valence-electron chi connectivity index (χ1n) is 7.91. The van der Waals surface area contributed by atoms with Gasteiger partial charge in [-0.3, -0.25) is 10.1 Å². The van der Waals surface area contributed by atoms with Gasteiger partial charge in [0.15, 0.2) is 0 Å². The molecule has 0 atom stereocenters. The van der Waals surface area contributed by atoms with E-state index in [0.29, 0.717) is 35.3 Å². The van der Waals surface area contributed by atoms with Gasteiger partial charge in [0, 0.05) is 41.8 Å². The molecular weight excluding hydrogens is 376 g/mol. The average Bonchev–Trinajstić information content (AvgIpc) is 3.05. The fourth-order valence-corrected chi connectivity index (χ4v) is 3.41. The molecule has 1 aliphatic heterocycles. The zero-order valence-corrected chi connectivity index (χ0v) is 15.2. The van der Waals surface area contributed by atoms with Crippen LogP contribution in [0.15, 0.2) is 23.1 Å². The van der Waals surface area contributed by atoms with Gasteiger partial charge in [-0.2, -0.15) is 0 Å². The van der Waals surface area contributed by atoms with Crippen molar-refractivity contribution >= 4 is 27.4 Å². The summed E-state index contributed by atoms with van der Waals surface area (Å²) in [6, 6.07) is 1.83. The van der Waals surface area contributed by atoms with Gasteiger partial charge in [-0.25, -0.2) is 4.98 Å². The monoisotopic (exact) mass is 394 g/mol. The SMILES string of the molecule is CC(C)n1cnnc1C1CCN(c2ncc(Br)cc2[N+](=O)[O-])CC1. The first-order valence-corrected chi connectivity index (χ1v) is 8.71. The molecule has 0 aliphatic carbocycles. The first kappa shape index (κ1) is 16.8. The molecule has 3 rings (SSSR count). The molecule has 0 saturated carbocycles. The van der Waals surface area contributed by atoms with Crippen molar-refractivity contribution in [3.8, 4) is 0 Å². The lowest BCUT2D eigenvalue weighted by molar-refractivity contribution is -0.384. The number of anilines is 1. The Morgan fingerprint density at radius 2 is 2.08 bits per heavy atom. The number of hydrogen-bond acceptors (Lipinski definition) is 6. The molecule has 0 amide bonds. The van der Waals surface area contributed by atoms with Gasteiger partial charge < -0.3 is 9.47 Å². The van der Waals surface area contributed by atoms with Crippen LogP contribution in [0.4, 0.5) is 11.5 Å². The lowest BCUT2D eigenvalue weighted by Gasteiger charge is -2.32. The zero-order valence-electron chi connectivity index (χ0n) is 13.6. The average molecular weight is 395 g/mol. The van der Waals surface area contributed by atoms with Gasteiger partial charge in [-0.1, -0.05) is 0 Å². The van der Waals surface area contributed by atoms with Crippen LogP contribution in [0.1, 0.15) is 44.5 Å². The summed E-state index contributed by atoms with van der Waals surface area (Å²) in [6.07, 6.45) is 5.12. The molecule has 2 aromatic rings. The van der Waals surface area contributed by atoms with E-state index in [0.717, 1.165) is 18.7 Å². The maximum Gasteiger partial charge on any atom is 0.312 e. The number of piperidine rings is 1. The van der Waals surface area contributed by atoms with E-state index in [2.05, 4.69) is 49.5 Å². The fraction of sp³-hybridized carbons (Fsp3) is 0.533. The second-order valence-electron chi connectivity index (χ2n) is 6.20. The van der Waals surface area contributed by atoms with E-state index in [4.69, 9.17) is 0 Å². The van der Waals surface area contributed by atoms with Gasteiger partial charge in [0.2, 0.25) is 5.82 Å². The minimum Gasteiger partial charge on any atom is -0.351 e. The minimum atomic E-state index is -0.380. The molecule has 0 N–H and O–H groups in total. The Kier molecular flexibility index (Phi) is 4.79.